The monoisotopic (exact) mass is 270 g/mol. The van der Waals surface area contributed by atoms with Gasteiger partial charge in [0.2, 0.25) is 0 Å². The Morgan fingerprint density at radius 3 is 2.44 bits per heavy atom. The van der Waals surface area contributed by atoms with E-state index in [2.05, 4.69) is 9.46 Å². The van der Waals surface area contributed by atoms with Crippen LogP contribution in [0.2, 0.25) is 0 Å². The first-order chi connectivity index (χ1) is 7.19. The molecule has 1 saturated carbocycles. The second-order valence-electron chi connectivity index (χ2n) is 4.29. The maximum atomic E-state index is 11.4. The predicted molar refractivity (Wildman–Crippen MR) is 59.4 cm³/mol. The summed E-state index contributed by atoms with van der Waals surface area (Å²) in [7, 11) is -2.79. The fourth-order valence-corrected chi connectivity index (χ4v) is 2.91. The van der Waals surface area contributed by atoms with Gasteiger partial charge in [0.05, 0.1) is 7.11 Å². The topological polar surface area (TPSA) is 84.5 Å². The second-order valence-corrected chi connectivity index (χ2v) is 6.27. The third kappa shape index (κ3) is 2.78. The first-order valence-electron chi connectivity index (χ1n) is 4.71. The summed E-state index contributed by atoms with van der Waals surface area (Å²) >= 11 is 5.95. The number of hydrogen-bond donors (Lipinski definition) is 2. The minimum atomic E-state index is -3.88. The molecular weight excluding hydrogens is 256 g/mol. The largest absolute Gasteiger partial charge is 0.452 e. The molecule has 2 atom stereocenters. The van der Waals surface area contributed by atoms with Gasteiger partial charge in [-0.25, -0.2) is 9.52 Å². The first kappa shape index (κ1) is 13.5. The Bertz CT molecular complexity index is 381. The molecule has 6 nitrogen and oxygen atoms in total. The lowest BCUT2D eigenvalue weighted by Crippen LogP contribution is -2.61. The molecule has 1 rings (SSSR count). The first-order valence-corrected chi connectivity index (χ1v) is 6.63. The summed E-state index contributed by atoms with van der Waals surface area (Å²) in [6.45, 7) is 3.72. The van der Waals surface area contributed by atoms with Crippen LogP contribution in [0.25, 0.3) is 0 Å². The fraction of sp³-hybridized carbons (Fsp3) is 0.875. The van der Waals surface area contributed by atoms with Gasteiger partial charge in [-0.15, -0.1) is 11.6 Å². The third-order valence-electron chi connectivity index (χ3n) is 2.85. The molecule has 1 fully saturated rings. The maximum Gasteiger partial charge on any atom is 0.421 e. The Hall–Kier alpha value is -0.530. The van der Waals surface area contributed by atoms with Gasteiger partial charge < -0.3 is 4.74 Å². The van der Waals surface area contributed by atoms with Gasteiger partial charge >= 0.3 is 16.3 Å². The molecule has 1 amide bonds. The van der Waals surface area contributed by atoms with E-state index in [1.807, 2.05) is 13.8 Å². The zero-order chi connectivity index (χ0) is 12.6. The van der Waals surface area contributed by atoms with E-state index < -0.39 is 16.3 Å². The van der Waals surface area contributed by atoms with Crippen molar-refractivity contribution in [1.29, 1.82) is 0 Å². The van der Waals surface area contributed by atoms with E-state index in [9.17, 15) is 13.2 Å². The summed E-state index contributed by atoms with van der Waals surface area (Å²) in [5, 5.41) is -0.0710. The van der Waals surface area contributed by atoms with E-state index in [-0.39, 0.29) is 16.8 Å². The van der Waals surface area contributed by atoms with Crippen LogP contribution in [0.1, 0.15) is 20.3 Å². The van der Waals surface area contributed by atoms with Crippen LogP contribution >= 0.6 is 11.6 Å². The Morgan fingerprint density at radius 1 is 1.50 bits per heavy atom. The van der Waals surface area contributed by atoms with Gasteiger partial charge in [0, 0.05) is 11.4 Å². The van der Waals surface area contributed by atoms with Gasteiger partial charge in [-0.1, -0.05) is 13.8 Å². The number of halogens is 1. The van der Waals surface area contributed by atoms with Gasteiger partial charge in [-0.05, 0) is 11.8 Å². The number of carbonyl (C=O) groups excluding carboxylic acids is 1. The summed E-state index contributed by atoms with van der Waals surface area (Å²) in [5.74, 6) is 0. The van der Waals surface area contributed by atoms with Crippen molar-refractivity contribution < 1.29 is 17.9 Å². The number of rotatable bonds is 3. The molecule has 16 heavy (non-hydrogen) atoms. The van der Waals surface area contributed by atoms with Crippen LogP contribution in [-0.4, -0.2) is 33.0 Å². The second kappa shape index (κ2) is 4.38. The molecule has 94 valence electrons. The minimum Gasteiger partial charge on any atom is -0.452 e. The molecule has 0 heterocycles. The highest BCUT2D eigenvalue weighted by molar-refractivity contribution is 7.88. The van der Waals surface area contributed by atoms with E-state index >= 15 is 0 Å². The van der Waals surface area contributed by atoms with Gasteiger partial charge in [0.1, 0.15) is 0 Å². The number of nitrogens with one attached hydrogen (secondary N) is 2. The van der Waals surface area contributed by atoms with Gasteiger partial charge in [-0.2, -0.15) is 13.1 Å². The van der Waals surface area contributed by atoms with Crippen LogP contribution in [0.5, 0.6) is 0 Å². The lowest BCUT2D eigenvalue weighted by molar-refractivity contribution is 0.136. The number of ether oxygens (including phenoxy) is 1. The molecule has 1 aliphatic carbocycles. The van der Waals surface area contributed by atoms with Crippen molar-refractivity contribution in [2.45, 2.75) is 31.7 Å². The van der Waals surface area contributed by atoms with Crippen LogP contribution in [0.15, 0.2) is 0 Å². The van der Waals surface area contributed by atoms with Crippen molar-refractivity contribution in [3.05, 3.63) is 0 Å². The minimum absolute atomic E-state index is 0.0710. The standard InChI is InChI=1S/C8H15ClN2O4S/c1-8(2)5(9)4-6(8)10-16(13,14)11-7(12)15-3/h5-6,10H,4H2,1-3H3,(H,11,12). The number of hydrogen-bond acceptors (Lipinski definition) is 4. The van der Waals surface area contributed by atoms with Crippen molar-refractivity contribution >= 4 is 27.9 Å². The molecule has 2 unspecified atom stereocenters. The number of carbonyl (C=O) groups is 1. The van der Waals surface area contributed by atoms with E-state index in [0.29, 0.717) is 6.42 Å². The van der Waals surface area contributed by atoms with Crippen LogP contribution in [0.3, 0.4) is 0 Å². The summed E-state index contributed by atoms with van der Waals surface area (Å²) < 4.78 is 31.1. The zero-order valence-corrected chi connectivity index (χ0v) is 10.9. The average molecular weight is 271 g/mol. The van der Waals surface area contributed by atoms with Crippen molar-refractivity contribution in [3.8, 4) is 0 Å². The Morgan fingerprint density at radius 2 is 2.06 bits per heavy atom. The number of methoxy groups -OCH3 is 1. The lowest BCUT2D eigenvalue weighted by atomic mass is 9.67. The molecule has 0 aromatic carbocycles. The summed E-state index contributed by atoms with van der Waals surface area (Å²) in [6, 6.07) is -0.280. The molecular formula is C8H15ClN2O4S. The van der Waals surface area contributed by atoms with Crippen LogP contribution in [-0.2, 0) is 14.9 Å². The Kier molecular flexibility index (Phi) is 3.71. The molecule has 0 bridgehead atoms. The highest BCUT2D eigenvalue weighted by atomic mass is 35.5. The molecule has 0 aromatic rings. The van der Waals surface area contributed by atoms with Crippen LogP contribution in [0.4, 0.5) is 4.79 Å². The smallest absolute Gasteiger partial charge is 0.421 e. The summed E-state index contributed by atoms with van der Waals surface area (Å²) in [5.41, 5.74) is -0.327. The van der Waals surface area contributed by atoms with Gasteiger partial charge in [-0.3, -0.25) is 0 Å². The molecule has 0 saturated heterocycles. The van der Waals surface area contributed by atoms with E-state index in [4.69, 9.17) is 11.6 Å². The number of alkyl halides is 1. The normalized spacial score (nSPS) is 28.0. The lowest BCUT2D eigenvalue weighted by Gasteiger charge is -2.48. The predicted octanol–water partition coefficient (Wildman–Crippen LogP) is 0.583. The Labute approximate surface area is 99.9 Å². The average Bonchev–Trinajstić information content (AvgIpc) is 2.16. The van der Waals surface area contributed by atoms with Crippen molar-refractivity contribution in [3.63, 3.8) is 0 Å². The highest BCUT2D eigenvalue weighted by Gasteiger charge is 2.48. The van der Waals surface area contributed by atoms with Crippen molar-refractivity contribution in [2.24, 2.45) is 5.41 Å². The summed E-state index contributed by atoms with van der Waals surface area (Å²) in [4.78, 5) is 10.8. The van der Waals surface area contributed by atoms with Crippen molar-refractivity contribution in [2.75, 3.05) is 7.11 Å². The van der Waals surface area contributed by atoms with Gasteiger partial charge in [0.25, 0.3) is 0 Å². The molecule has 0 radical (unpaired) electrons. The van der Waals surface area contributed by atoms with Crippen LogP contribution < -0.4 is 9.44 Å². The Balaban J connectivity index is 2.59. The molecule has 8 heteroatoms. The maximum absolute atomic E-state index is 11.4. The molecule has 2 N–H and O–H groups in total. The molecule has 0 aliphatic heterocycles. The van der Waals surface area contributed by atoms with Crippen molar-refractivity contribution in [1.82, 2.24) is 9.44 Å². The summed E-state index contributed by atoms with van der Waals surface area (Å²) in [6.07, 6.45) is -0.483. The van der Waals surface area contributed by atoms with Crippen LogP contribution in [0, 0.1) is 5.41 Å². The van der Waals surface area contributed by atoms with E-state index in [0.717, 1.165) is 7.11 Å². The van der Waals surface area contributed by atoms with Gasteiger partial charge in [0.15, 0.2) is 0 Å². The fourth-order valence-electron chi connectivity index (χ4n) is 1.44. The van der Waals surface area contributed by atoms with E-state index in [1.165, 1.54) is 0 Å². The SMILES string of the molecule is COC(=O)NS(=O)(=O)NC1CC(Cl)C1(C)C. The third-order valence-corrected chi connectivity index (χ3v) is 4.62. The zero-order valence-electron chi connectivity index (χ0n) is 9.28. The molecule has 0 spiro atoms. The quantitative estimate of drug-likeness (QED) is 0.735. The highest BCUT2D eigenvalue weighted by Crippen LogP contribution is 2.44. The number of amides is 1. The molecule has 1 aliphatic rings. The van der Waals surface area contributed by atoms with E-state index in [1.54, 1.807) is 4.72 Å². The molecule has 0 aromatic heterocycles.